The summed E-state index contributed by atoms with van der Waals surface area (Å²) in [4.78, 5) is 25.6. The van der Waals surface area contributed by atoms with Crippen molar-refractivity contribution in [1.29, 1.82) is 0 Å². The van der Waals surface area contributed by atoms with E-state index in [-0.39, 0.29) is 24.2 Å². The molecule has 0 aliphatic carbocycles. The molecule has 26 heavy (non-hydrogen) atoms. The first-order valence-corrected chi connectivity index (χ1v) is 8.03. The molecule has 0 unspecified atom stereocenters. The lowest BCUT2D eigenvalue weighted by molar-refractivity contribution is -0.120. The largest absolute Gasteiger partial charge is 0.484 e. The number of rotatable bonds is 6. The SMILES string of the molecule is CN(C(=O)COc1ccc(NC(=O)c2ccco2)cc1)c1ccccc1. The second-order valence-electron chi connectivity index (χ2n) is 5.53. The fourth-order valence-electron chi connectivity index (χ4n) is 2.27. The highest BCUT2D eigenvalue weighted by Crippen LogP contribution is 2.17. The smallest absolute Gasteiger partial charge is 0.291 e. The summed E-state index contributed by atoms with van der Waals surface area (Å²) >= 11 is 0. The van der Waals surface area contributed by atoms with E-state index in [1.807, 2.05) is 30.3 Å². The van der Waals surface area contributed by atoms with Gasteiger partial charge in [0, 0.05) is 18.4 Å². The first-order chi connectivity index (χ1) is 12.6. The number of ether oxygens (including phenoxy) is 1. The molecular formula is C20H18N2O4. The van der Waals surface area contributed by atoms with Crippen LogP contribution in [-0.4, -0.2) is 25.5 Å². The minimum atomic E-state index is -0.330. The molecule has 0 aliphatic heterocycles. The Labute approximate surface area is 151 Å². The number of nitrogens with one attached hydrogen (secondary N) is 1. The second-order valence-corrected chi connectivity index (χ2v) is 5.53. The molecule has 0 bridgehead atoms. The molecule has 0 aliphatic rings. The van der Waals surface area contributed by atoms with Gasteiger partial charge in [-0.1, -0.05) is 18.2 Å². The minimum absolute atomic E-state index is 0.0799. The molecule has 2 amide bonds. The van der Waals surface area contributed by atoms with E-state index in [0.717, 1.165) is 5.69 Å². The summed E-state index contributed by atoms with van der Waals surface area (Å²) in [5, 5.41) is 2.71. The van der Waals surface area contributed by atoms with Crippen molar-refractivity contribution in [2.45, 2.75) is 0 Å². The zero-order valence-electron chi connectivity index (χ0n) is 14.2. The van der Waals surface area contributed by atoms with Crippen LogP contribution < -0.4 is 15.0 Å². The number of benzene rings is 2. The molecule has 0 saturated carbocycles. The van der Waals surface area contributed by atoms with Crippen LogP contribution in [0.5, 0.6) is 5.75 Å². The standard InChI is InChI=1S/C20H18N2O4/c1-22(16-6-3-2-4-7-16)19(23)14-26-17-11-9-15(10-12-17)21-20(24)18-8-5-13-25-18/h2-13H,14H2,1H3,(H,21,24). The normalized spacial score (nSPS) is 10.2. The van der Waals surface area contributed by atoms with Gasteiger partial charge in [0.25, 0.3) is 11.8 Å². The second kappa shape index (κ2) is 8.02. The number of nitrogens with zero attached hydrogens (tertiary/aromatic N) is 1. The van der Waals surface area contributed by atoms with Crippen molar-refractivity contribution < 1.29 is 18.7 Å². The highest BCUT2D eigenvalue weighted by Gasteiger charge is 2.12. The number of furan rings is 1. The lowest BCUT2D eigenvalue weighted by Crippen LogP contribution is -2.31. The Bertz CT molecular complexity index is 859. The fourth-order valence-corrected chi connectivity index (χ4v) is 2.27. The summed E-state index contributed by atoms with van der Waals surface area (Å²) in [7, 11) is 1.70. The monoisotopic (exact) mass is 350 g/mol. The number of carbonyl (C=O) groups is 2. The Morgan fingerprint density at radius 3 is 2.38 bits per heavy atom. The number of carbonyl (C=O) groups excluding carboxylic acids is 2. The molecule has 0 atom stereocenters. The summed E-state index contributed by atoms with van der Waals surface area (Å²) in [6.45, 7) is -0.0799. The highest BCUT2D eigenvalue weighted by molar-refractivity contribution is 6.02. The van der Waals surface area contributed by atoms with Gasteiger partial charge in [-0.05, 0) is 48.5 Å². The maximum absolute atomic E-state index is 12.2. The Kier molecular flexibility index (Phi) is 5.34. The molecule has 6 heteroatoms. The van der Waals surface area contributed by atoms with Crippen LogP contribution in [-0.2, 0) is 4.79 Å². The van der Waals surface area contributed by atoms with Crippen LogP contribution >= 0.6 is 0 Å². The third-order valence-electron chi connectivity index (χ3n) is 3.74. The number of anilines is 2. The lowest BCUT2D eigenvalue weighted by atomic mass is 10.3. The summed E-state index contributed by atoms with van der Waals surface area (Å²) in [6.07, 6.45) is 1.44. The summed E-state index contributed by atoms with van der Waals surface area (Å²) in [5.41, 5.74) is 1.41. The van der Waals surface area contributed by atoms with Crippen molar-refractivity contribution in [1.82, 2.24) is 0 Å². The summed E-state index contributed by atoms with van der Waals surface area (Å²) < 4.78 is 10.6. The van der Waals surface area contributed by atoms with E-state index >= 15 is 0 Å². The maximum Gasteiger partial charge on any atom is 0.291 e. The van der Waals surface area contributed by atoms with Gasteiger partial charge in [-0.3, -0.25) is 9.59 Å². The van der Waals surface area contributed by atoms with Gasteiger partial charge >= 0.3 is 0 Å². The van der Waals surface area contributed by atoms with Gasteiger partial charge < -0.3 is 19.4 Å². The van der Waals surface area contributed by atoms with Gasteiger partial charge in [0.05, 0.1) is 6.26 Å². The Balaban J connectivity index is 1.53. The van der Waals surface area contributed by atoms with Gasteiger partial charge in [-0.25, -0.2) is 0 Å². The molecule has 2 aromatic carbocycles. The molecule has 3 aromatic rings. The molecule has 0 radical (unpaired) electrons. The van der Waals surface area contributed by atoms with Crippen molar-refractivity contribution in [3.05, 3.63) is 78.8 Å². The van der Waals surface area contributed by atoms with Crippen LogP contribution in [0.3, 0.4) is 0 Å². The number of hydrogen-bond donors (Lipinski definition) is 1. The first kappa shape index (κ1) is 17.3. The van der Waals surface area contributed by atoms with Gasteiger partial charge in [-0.2, -0.15) is 0 Å². The minimum Gasteiger partial charge on any atom is -0.484 e. The van der Waals surface area contributed by atoms with Crippen molar-refractivity contribution in [2.75, 3.05) is 23.9 Å². The topological polar surface area (TPSA) is 71.8 Å². The number of hydrogen-bond acceptors (Lipinski definition) is 4. The zero-order chi connectivity index (χ0) is 18.4. The summed E-state index contributed by atoms with van der Waals surface area (Å²) in [6, 6.07) is 19.3. The van der Waals surface area contributed by atoms with Crippen LogP contribution in [0.2, 0.25) is 0 Å². The summed E-state index contributed by atoms with van der Waals surface area (Å²) in [5.74, 6) is 0.283. The van der Waals surface area contributed by atoms with E-state index in [4.69, 9.17) is 9.15 Å². The van der Waals surface area contributed by atoms with E-state index in [1.165, 1.54) is 11.2 Å². The van der Waals surface area contributed by atoms with Crippen molar-refractivity contribution in [3.8, 4) is 5.75 Å². The predicted octanol–water partition coefficient (Wildman–Crippen LogP) is 3.57. The number of amides is 2. The van der Waals surface area contributed by atoms with E-state index in [9.17, 15) is 9.59 Å². The van der Waals surface area contributed by atoms with Crippen LogP contribution in [0.4, 0.5) is 11.4 Å². The molecule has 3 rings (SSSR count). The van der Waals surface area contributed by atoms with E-state index in [0.29, 0.717) is 11.4 Å². The maximum atomic E-state index is 12.2. The molecule has 0 spiro atoms. The fraction of sp³-hybridized carbons (Fsp3) is 0.100. The molecule has 6 nitrogen and oxygen atoms in total. The Morgan fingerprint density at radius 2 is 1.73 bits per heavy atom. The first-order valence-electron chi connectivity index (χ1n) is 8.03. The Hall–Kier alpha value is -3.54. The van der Waals surface area contributed by atoms with Crippen molar-refractivity contribution in [2.24, 2.45) is 0 Å². The zero-order valence-corrected chi connectivity index (χ0v) is 14.2. The number of likely N-dealkylation sites (N-methyl/N-ethyl adjacent to an activating group) is 1. The highest BCUT2D eigenvalue weighted by atomic mass is 16.5. The third kappa shape index (κ3) is 4.30. The van der Waals surface area contributed by atoms with Crippen molar-refractivity contribution in [3.63, 3.8) is 0 Å². The molecule has 0 fully saturated rings. The third-order valence-corrected chi connectivity index (χ3v) is 3.74. The molecular weight excluding hydrogens is 332 g/mol. The Morgan fingerprint density at radius 1 is 1.00 bits per heavy atom. The molecule has 1 N–H and O–H groups in total. The molecule has 0 saturated heterocycles. The lowest BCUT2D eigenvalue weighted by Gasteiger charge is -2.17. The van der Waals surface area contributed by atoms with E-state index in [1.54, 1.807) is 43.4 Å². The van der Waals surface area contributed by atoms with Gasteiger partial charge in [-0.15, -0.1) is 0 Å². The van der Waals surface area contributed by atoms with Crippen LogP contribution in [0.1, 0.15) is 10.6 Å². The van der Waals surface area contributed by atoms with E-state index in [2.05, 4.69) is 5.32 Å². The molecule has 1 aromatic heterocycles. The van der Waals surface area contributed by atoms with Crippen LogP contribution in [0.25, 0.3) is 0 Å². The average molecular weight is 350 g/mol. The molecule has 132 valence electrons. The van der Waals surface area contributed by atoms with Gasteiger partial charge in [0.15, 0.2) is 12.4 Å². The average Bonchev–Trinajstić information content (AvgIpc) is 3.22. The quantitative estimate of drug-likeness (QED) is 0.738. The predicted molar refractivity (Wildman–Crippen MR) is 98.5 cm³/mol. The van der Waals surface area contributed by atoms with Gasteiger partial charge in [0.1, 0.15) is 5.75 Å². The number of para-hydroxylation sites is 1. The van der Waals surface area contributed by atoms with E-state index < -0.39 is 0 Å². The van der Waals surface area contributed by atoms with Crippen LogP contribution in [0, 0.1) is 0 Å². The van der Waals surface area contributed by atoms with Crippen LogP contribution in [0.15, 0.2) is 77.4 Å². The molecule has 1 heterocycles. The van der Waals surface area contributed by atoms with Gasteiger partial charge in [0.2, 0.25) is 0 Å². The van der Waals surface area contributed by atoms with Crippen molar-refractivity contribution >= 4 is 23.2 Å².